The quantitative estimate of drug-likeness (QED) is 0.0300. The van der Waals surface area contributed by atoms with Gasteiger partial charge in [0, 0.05) is 39.5 Å². The molecular formula is C45H71N9O11. The van der Waals surface area contributed by atoms with Crippen LogP contribution in [0.2, 0.25) is 0 Å². The van der Waals surface area contributed by atoms with Gasteiger partial charge in [-0.25, -0.2) is 4.79 Å². The number of alkyl carbamates (subject to hydrolysis) is 1. The number of carbonyl (C=O) groups excluding carboxylic acids is 6. The fourth-order valence-corrected chi connectivity index (χ4v) is 6.53. The molecule has 0 unspecified atom stereocenters. The van der Waals surface area contributed by atoms with Crippen molar-refractivity contribution in [1.82, 2.24) is 31.9 Å². The lowest BCUT2D eigenvalue weighted by atomic mass is 9.95. The summed E-state index contributed by atoms with van der Waals surface area (Å²) < 4.78 is 21.1. The van der Waals surface area contributed by atoms with Crippen LogP contribution in [0.5, 0.6) is 5.75 Å². The molecule has 0 saturated carbocycles. The Morgan fingerprint density at radius 1 is 0.692 bits per heavy atom. The predicted molar refractivity (Wildman–Crippen MR) is 244 cm³/mol. The van der Waals surface area contributed by atoms with Gasteiger partial charge in [-0.05, 0) is 101 Å². The average molecular weight is 914 g/mol. The highest BCUT2D eigenvalue weighted by Crippen LogP contribution is 2.22. The molecule has 65 heavy (non-hydrogen) atoms. The number of nitrogens with two attached hydrogens (primary N) is 2. The number of phenolic OH excluding ortho intramolecular Hbond substituents is 1. The Morgan fingerprint density at radius 2 is 1.23 bits per heavy atom. The van der Waals surface area contributed by atoms with E-state index < -0.39 is 59.5 Å². The summed E-state index contributed by atoms with van der Waals surface area (Å²) in [5.41, 5.74) is 12.9. The van der Waals surface area contributed by atoms with Crippen LogP contribution < -0.4 is 43.4 Å². The summed E-state index contributed by atoms with van der Waals surface area (Å²) in [5.74, 6) is -3.47. The summed E-state index contributed by atoms with van der Waals surface area (Å²) in [4.78, 5) is 80.6. The van der Waals surface area contributed by atoms with Crippen molar-refractivity contribution in [2.45, 2.75) is 116 Å². The molecule has 0 aliphatic rings. The van der Waals surface area contributed by atoms with E-state index in [1.54, 1.807) is 66.0 Å². The van der Waals surface area contributed by atoms with E-state index in [9.17, 15) is 33.9 Å². The van der Waals surface area contributed by atoms with Crippen LogP contribution in [0.1, 0.15) is 81.5 Å². The number of unbranched alkanes of at least 4 members (excludes halogenated alkanes) is 1. The summed E-state index contributed by atoms with van der Waals surface area (Å²) in [5, 5.41) is 34.0. The lowest BCUT2D eigenvalue weighted by molar-refractivity contribution is -0.133. The van der Waals surface area contributed by atoms with Crippen molar-refractivity contribution in [3.63, 3.8) is 0 Å². The van der Waals surface area contributed by atoms with E-state index in [4.69, 9.17) is 35.8 Å². The molecule has 0 radical (unpaired) electrons. The molecule has 0 spiro atoms. The Morgan fingerprint density at radius 3 is 1.83 bits per heavy atom. The van der Waals surface area contributed by atoms with Gasteiger partial charge in [-0.15, -0.1) is 0 Å². The van der Waals surface area contributed by atoms with Crippen LogP contribution >= 0.6 is 0 Å². The van der Waals surface area contributed by atoms with Crippen LogP contribution in [-0.4, -0.2) is 130 Å². The zero-order valence-corrected chi connectivity index (χ0v) is 38.6. The lowest BCUT2D eigenvalue weighted by Crippen LogP contribution is -2.59. The maximum atomic E-state index is 14.5. The van der Waals surface area contributed by atoms with Gasteiger partial charge in [0.15, 0.2) is 5.96 Å². The number of carbonyl (C=O) groups is 6. The first kappa shape index (κ1) is 55.1. The third-order valence-electron chi connectivity index (χ3n) is 9.81. The first-order chi connectivity index (χ1) is 30.8. The van der Waals surface area contributed by atoms with Crippen molar-refractivity contribution in [1.29, 1.82) is 5.41 Å². The van der Waals surface area contributed by atoms with E-state index in [1.807, 2.05) is 6.07 Å². The molecule has 2 aromatic carbocycles. The number of aryl methyl sites for hydroxylation is 2. The third kappa shape index (κ3) is 23.5. The lowest BCUT2D eigenvalue weighted by Gasteiger charge is -2.28. The van der Waals surface area contributed by atoms with Crippen molar-refractivity contribution in [2.75, 3.05) is 53.2 Å². The van der Waals surface area contributed by atoms with E-state index >= 15 is 0 Å². The molecule has 0 fully saturated rings. The summed E-state index contributed by atoms with van der Waals surface area (Å²) in [6.45, 7) is 10.8. The third-order valence-corrected chi connectivity index (χ3v) is 9.81. The summed E-state index contributed by atoms with van der Waals surface area (Å²) in [7, 11) is 1.58. The molecule has 20 nitrogen and oxygen atoms in total. The first-order valence-electron chi connectivity index (χ1n) is 21.8. The van der Waals surface area contributed by atoms with Crippen LogP contribution in [0.15, 0.2) is 42.5 Å². The topological polar surface area (TPSA) is 308 Å². The molecule has 0 saturated heterocycles. The van der Waals surface area contributed by atoms with E-state index in [0.29, 0.717) is 56.0 Å². The number of hydrogen-bond acceptors (Lipinski definition) is 12. The fraction of sp³-hybridized carbons (Fsp3) is 0.578. The molecule has 2 aromatic rings. The van der Waals surface area contributed by atoms with Crippen molar-refractivity contribution >= 4 is 41.6 Å². The molecule has 20 heteroatoms. The Hall–Kier alpha value is -5.99. The number of amides is 6. The van der Waals surface area contributed by atoms with Gasteiger partial charge in [0.1, 0.15) is 35.5 Å². The van der Waals surface area contributed by atoms with Crippen LogP contribution in [0.3, 0.4) is 0 Å². The maximum Gasteiger partial charge on any atom is 0.408 e. The highest BCUT2D eigenvalue weighted by molar-refractivity contribution is 5.95. The van der Waals surface area contributed by atoms with Gasteiger partial charge in [-0.3, -0.25) is 29.4 Å². The Kier molecular flexibility index (Phi) is 25.0. The van der Waals surface area contributed by atoms with E-state index in [1.165, 1.54) is 12.1 Å². The Balaban J connectivity index is 2.35. The molecule has 362 valence electrons. The van der Waals surface area contributed by atoms with Crippen LogP contribution in [0.4, 0.5) is 4.79 Å². The number of hydrogen-bond donors (Lipinski definition) is 10. The van der Waals surface area contributed by atoms with E-state index in [0.717, 1.165) is 5.56 Å². The predicted octanol–water partition coefficient (Wildman–Crippen LogP) is 1.25. The second-order valence-corrected chi connectivity index (χ2v) is 16.5. The second kappa shape index (κ2) is 29.5. The number of rotatable bonds is 30. The van der Waals surface area contributed by atoms with Crippen molar-refractivity contribution in [2.24, 2.45) is 11.5 Å². The van der Waals surface area contributed by atoms with Gasteiger partial charge in [0.2, 0.25) is 29.5 Å². The number of nitrogens with one attached hydrogen (secondary N) is 7. The number of methoxy groups -OCH3 is 1. The monoisotopic (exact) mass is 914 g/mol. The number of primary amides is 1. The van der Waals surface area contributed by atoms with Gasteiger partial charge in [-0.2, -0.15) is 0 Å². The minimum atomic E-state index is -1.33. The smallest absolute Gasteiger partial charge is 0.408 e. The van der Waals surface area contributed by atoms with Crippen molar-refractivity contribution < 1.29 is 52.8 Å². The van der Waals surface area contributed by atoms with Crippen molar-refractivity contribution in [3.05, 3.63) is 64.7 Å². The molecule has 12 N–H and O–H groups in total. The molecule has 4 atom stereocenters. The van der Waals surface area contributed by atoms with Gasteiger partial charge in [0.05, 0.1) is 33.0 Å². The number of ether oxygens (including phenoxy) is 4. The standard InChI is InChI=1S/C45H71N9O11/c1-29-25-32(55)26-30(2)33(29)28-37(53-41(59)35(16-12-19-50-43(47)48)54-44(61)65-45(3,4)5)42(60)51-34(40(58)52-36(39(46)57)27-31-13-8-7-9-14-31)15-10-11-18-49-38(56)17-20-63-23-24-64-22-21-62-6/h7-9,13-14,25-26,34-37,55H,10-12,15-24,27-28H2,1-6H3,(H2,46,57)(H,49,56)(H,51,60)(H,52,58)(H,53,59)(H,54,61)(H4,47,48,50)/t34-,35+,36-,37-/m0/s1. The fourth-order valence-electron chi connectivity index (χ4n) is 6.53. The number of aromatic hydroxyl groups is 1. The first-order valence-corrected chi connectivity index (χ1v) is 21.8. The zero-order chi connectivity index (χ0) is 48.4. The number of guanidine groups is 1. The molecular weight excluding hydrogens is 843 g/mol. The Labute approximate surface area is 381 Å². The average Bonchev–Trinajstić information content (AvgIpc) is 3.22. The van der Waals surface area contributed by atoms with Crippen LogP contribution in [0, 0.1) is 19.3 Å². The molecule has 6 amide bonds. The molecule has 0 bridgehead atoms. The van der Waals surface area contributed by atoms with E-state index in [-0.39, 0.29) is 75.8 Å². The highest BCUT2D eigenvalue weighted by atomic mass is 16.6. The maximum absolute atomic E-state index is 14.5. The zero-order valence-electron chi connectivity index (χ0n) is 38.6. The molecule has 2 rings (SSSR count). The van der Waals surface area contributed by atoms with Crippen LogP contribution in [0.25, 0.3) is 0 Å². The minimum absolute atomic E-state index is 0.00914. The molecule has 0 aliphatic heterocycles. The van der Waals surface area contributed by atoms with Gasteiger partial charge >= 0.3 is 6.09 Å². The normalized spacial score (nSPS) is 13.0. The van der Waals surface area contributed by atoms with Gasteiger partial charge < -0.3 is 67.4 Å². The SMILES string of the molecule is COCCOCCOCCC(=O)NCCCC[C@H](NC(=O)[C@H](Cc1c(C)cc(O)cc1C)NC(=O)[C@@H](CCCNC(=N)N)NC(=O)OC(C)(C)C)C(=O)N[C@@H](Cc1ccccc1)C(N)=O. The molecule has 0 aliphatic carbocycles. The van der Waals surface area contributed by atoms with Gasteiger partial charge in [0.25, 0.3) is 0 Å². The minimum Gasteiger partial charge on any atom is -0.508 e. The largest absolute Gasteiger partial charge is 0.508 e. The second-order valence-electron chi connectivity index (χ2n) is 16.5. The summed E-state index contributed by atoms with van der Waals surface area (Å²) >= 11 is 0. The number of phenols is 1. The summed E-state index contributed by atoms with van der Waals surface area (Å²) in [6, 6.07) is 7.10. The molecule has 0 heterocycles. The van der Waals surface area contributed by atoms with E-state index in [2.05, 4.69) is 31.9 Å². The van der Waals surface area contributed by atoms with Crippen LogP contribution in [-0.2, 0) is 55.8 Å². The van der Waals surface area contributed by atoms with Gasteiger partial charge in [-0.1, -0.05) is 30.3 Å². The molecule has 0 aromatic heterocycles. The Bertz CT molecular complexity index is 1820. The number of benzene rings is 2. The summed E-state index contributed by atoms with van der Waals surface area (Å²) in [6.07, 6.45) is 0.449. The van der Waals surface area contributed by atoms with Crippen molar-refractivity contribution in [3.8, 4) is 5.75 Å². The highest BCUT2D eigenvalue weighted by Gasteiger charge is 2.32.